The number of nitrogens with zero attached hydrogens (tertiary/aromatic N) is 1. The number of thiophene rings is 1. The molecule has 0 radical (unpaired) electrons. The molecule has 2 aromatic heterocycles. The summed E-state index contributed by atoms with van der Waals surface area (Å²) in [5, 5.41) is 12.2. The number of phenolic OH excluding ortho intramolecular Hbond substituents is 1. The summed E-state index contributed by atoms with van der Waals surface area (Å²) >= 11 is 1.82. The van der Waals surface area contributed by atoms with Gasteiger partial charge in [0, 0.05) is 36.9 Å². The second-order valence-electron chi connectivity index (χ2n) is 7.53. The number of nitrogens with one attached hydrogen (secondary N) is 1. The van der Waals surface area contributed by atoms with Crippen LogP contribution in [0.2, 0.25) is 0 Å². The van der Waals surface area contributed by atoms with Crippen LogP contribution in [0.25, 0.3) is 54.1 Å². The first-order valence-electron chi connectivity index (χ1n) is 10.1. The molecule has 6 aromatic rings. The fourth-order valence-corrected chi connectivity index (χ4v) is 5.11. The highest BCUT2D eigenvalue weighted by Crippen LogP contribution is 2.39. The van der Waals surface area contributed by atoms with Gasteiger partial charge in [0.15, 0.2) is 0 Å². The maximum Gasteiger partial charge on any atom is 0.138 e. The minimum atomic E-state index is 0.244. The summed E-state index contributed by atoms with van der Waals surface area (Å²) in [5.41, 5.74) is 5.01. The number of aromatic hydroxyl groups is 1. The zero-order valence-corrected chi connectivity index (χ0v) is 17.4. The number of hydrogen-bond acceptors (Lipinski definition) is 3. The maximum atomic E-state index is 9.66. The number of aromatic amines is 1. The molecule has 6 rings (SSSR count). The van der Waals surface area contributed by atoms with E-state index < -0.39 is 0 Å². The van der Waals surface area contributed by atoms with Crippen molar-refractivity contribution >= 4 is 31.5 Å². The Bertz CT molecular complexity index is 1530. The summed E-state index contributed by atoms with van der Waals surface area (Å²) < 4.78 is 2.57. The number of rotatable bonds is 3. The van der Waals surface area contributed by atoms with Crippen molar-refractivity contribution in [2.45, 2.75) is 0 Å². The first-order chi connectivity index (χ1) is 15.3. The predicted molar refractivity (Wildman–Crippen MR) is 129 cm³/mol. The number of aromatic nitrogens is 2. The Hall–Kier alpha value is -3.89. The standard InChI is InChI=1S/C27H18N2OS/c30-20-13-10-18(11-14-20)27-28-25(17-6-2-1-3-7-17)26(29-27)19-12-15-24-22(16-19)21-8-4-5-9-23(21)31-24/h1-16,30H,(H,28,29). The van der Waals surface area contributed by atoms with E-state index in [0.717, 1.165) is 33.9 Å². The molecule has 0 saturated carbocycles. The molecule has 0 saturated heterocycles. The number of benzene rings is 4. The molecule has 2 heterocycles. The minimum absolute atomic E-state index is 0.244. The minimum Gasteiger partial charge on any atom is -0.508 e. The van der Waals surface area contributed by atoms with Crippen molar-refractivity contribution in [1.29, 1.82) is 0 Å². The first-order valence-corrected chi connectivity index (χ1v) is 10.9. The molecular weight excluding hydrogens is 400 g/mol. The molecule has 0 spiro atoms. The molecule has 0 aliphatic rings. The number of imidazole rings is 1. The average Bonchev–Trinajstić information content (AvgIpc) is 3.42. The largest absolute Gasteiger partial charge is 0.508 e. The van der Waals surface area contributed by atoms with E-state index in [1.54, 1.807) is 12.1 Å². The Morgan fingerprint density at radius 3 is 2.19 bits per heavy atom. The molecule has 2 N–H and O–H groups in total. The second kappa shape index (κ2) is 7.11. The molecule has 0 atom stereocenters. The van der Waals surface area contributed by atoms with Crippen LogP contribution in [-0.4, -0.2) is 15.1 Å². The third kappa shape index (κ3) is 3.09. The second-order valence-corrected chi connectivity index (χ2v) is 8.61. The van der Waals surface area contributed by atoms with Gasteiger partial charge in [-0.3, -0.25) is 0 Å². The monoisotopic (exact) mass is 418 g/mol. The Balaban J connectivity index is 1.58. The van der Waals surface area contributed by atoms with Crippen LogP contribution in [-0.2, 0) is 0 Å². The van der Waals surface area contributed by atoms with Crippen LogP contribution in [0.1, 0.15) is 0 Å². The fraction of sp³-hybridized carbons (Fsp3) is 0. The van der Waals surface area contributed by atoms with E-state index in [2.05, 4.69) is 59.6 Å². The average molecular weight is 419 g/mol. The molecule has 148 valence electrons. The van der Waals surface area contributed by atoms with E-state index in [-0.39, 0.29) is 5.75 Å². The first kappa shape index (κ1) is 17.9. The molecule has 0 unspecified atom stereocenters. The molecule has 0 amide bonds. The van der Waals surface area contributed by atoms with Gasteiger partial charge in [-0.15, -0.1) is 11.3 Å². The van der Waals surface area contributed by atoms with Gasteiger partial charge in [0.25, 0.3) is 0 Å². The molecule has 3 nitrogen and oxygen atoms in total. The highest BCUT2D eigenvalue weighted by Gasteiger charge is 2.16. The number of hydrogen-bond donors (Lipinski definition) is 2. The molecule has 0 aliphatic heterocycles. The Kier molecular flexibility index (Phi) is 4.11. The molecular formula is C27H18N2OS. The zero-order chi connectivity index (χ0) is 20.8. The summed E-state index contributed by atoms with van der Waals surface area (Å²) in [4.78, 5) is 8.52. The van der Waals surface area contributed by atoms with Crippen LogP contribution < -0.4 is 0 Å². The van der Waals surface area contributed by atoms with Crippen LogP contribution in [0.3, 0.4) is 0 Å². The van der Waals surface area contributed by atoms with Crippen molar-refractivity contribution in [3.63, 3.8) is 0 Å². The van der Waals surface area contributed by atoms with Gasteiger partial charge in [-0.1, -0.05) is 54.6 Å². The van der Waals surface area contributed by atoms with Gasteiger partial charge in [0.2, 0.25) is 0 Å². The summed E-state index contributed by atoms with van der Waals surface area (Å²) in [5.74, 6) is 1.03. The topological polar surface area (TPSA) is 48.9 Å². The van der Waals surface area contributed by atoms with Crippen LogP contribution in [0.15, 0.2) is 97.1 Å². The van der Waals surface area contributed by atoms with Crippen molar-refractivity contribution in [3.8, 4) is 39.7 Å². The smallest absolute Gasteiger partial charge is 0.138 e. The molecule has 0 fully saturated rings. The normalized spacial score (nSPS) is 11.4. The quantitative estimate of drug-likeness (QED) is 0.313. The Morgan fingerprint density at radius 1 is 0.645 bits per heavy atom. The molecule has 0 bridgehead atoms. The zero-order valence-electron chi connectivity index (χ0n) is 16.5. The van der Waals surface area contributed by atoms with Gasteiger partial charge >= 0.3 is 0 Å². The van der Waals surface area contributed by atoms with Gasteiger partial charge in [-0.2, -0.15) is 0 Å². The van der Waals surface area contributed by atoms with Crippen LogP contribution in [0, 0.1) is 0 Å². The van der Waals surface area contributed by atoms with Crippen molar-refractivity contribution in [1.82, 2.24) is 9.97 Å². The van der Waals surface area contributed by atoms with E-state index in [0.29, 0.717) is 0 Å². The number of H-pyrrole nitrogens is 1. The van der Waals surface area contributed by atoms with Crippen LogP contribution in [0.4, 0.5) is 0 Å². The number of fused-ring (bicyclic) bond motifs is 3. The van der Waals surface area contributed by atoms with Gasteiger partial charge in [-0.25, -0.2) is 4.98 Å². The van der Waals surface area contributed by atoms with Gasteiger partial charge < -0.3 is 10.1 Å². The van der Waals surface area contributed by atoms with Crippen molar-refractivity contribution in [2.24, 2.45) is 0 Å². The van der Waals surface area contributed by atoms with E-state index in [1.165, 1.54) is 20.2 Å². The van der Waals surface area contributed by atoms with Crippen molar-refractivity contribution < 1.29 is 5.11 Å². The highest BCUT2D eigenvalue weighted by molar-refractivity contribution is 7.25. The van der Waals surface area contributed by atoms with Gasteiger partial charge in [0.05, 0.1) is 11.4 Å². The van der Waals surface area contributed by atoms with E-state index in [4.69, 9.17) is 4.98 Å². The summed E-state index contributed by atoms with van der Waals surface area (Å²) in [6.07, 6.45) is 0. The van der Waals surface area contributed by atoms with Crippen LogP contribution in [0.5, 0.6) is 5.75 Å². The molecule has 4 heteroatoms. The van der Waals surface area contributed by atoms with Crippen LogP contribution >= 0.6 is 11.3 Å². The van der Waals surface area contributed by atoms with Gasteiger partial charge in [0.1, 0.15) is 11.6 Å². The maximum absolute atomic E-state index is 9.66. The third-order valence-electron chi connectivity index (χ3n) is 5.56. The fourth-order valence-electron chi connectivity index (χ4n) is 4.03. The summed E-state index contributed by atoms with van der Waals surface area (Å²) in [7, 11) is 0. The SMILES string of the molecule is Oc1ccc(-c2nc(-c3ccc4sc5ccccc5c4c3)c(-c3ccccc3)[nH]2)cc1. The lowest BCUT2D eigenvalue weighted by Gasteiger charge is -2.04. The lowest BCUT2D eigenvalue weighted by Crippen LogP contribution is -1.83. The Morgan fingerprint density at radius 2 is 1.35 bits per heavy atom. The number of phenols is 1. The van der Waals surface area contributed by atoms with E-state index in [9.17, 15) is 5.11 Å². The molecule has 4 aromatic carbocycles. The predicted octanol–water partition coefficient (Wildman–Crippen LogP) is 7.48. The summed E-state index contributed by atoms with van der Waals surface area (Å²) in [6.45, 7) is 0. The highest BCUT2D eigenvalue weighted by atomic mass is 32.1. The third-order valence-corrected chi connectivity index (χ3v) is 6.71. The lowest BCUT2D eigenvalue weighted by molar-refractivity contribution is 0.475. The lowest BCUT2D eigenvalue weighted by atomic mass is 10.0. The van der Waals surface area contributed by atoms with E-state index >= 15 is 0 Å². The summed E-state index contributed by atoms with van der Waals surface area (Å²) in [6, 6.07) is 32.5. The van der Waals surface area contributed by atoms with Crippen molar-refractivity contribution in [2.75, 3.05) is 0 Å². The molecule has 0 aliphatic carbocycles. The van der Waals surface area contributed by atoms with E-state index in [1.807, 2.05) is 41.7 Å². The molecule has 31 heavy (non-hydrogen) atoms. The van der Waals surface area contributed by atoms with Gasteiger partial charge in [-0.05, 0) is 42.5 Å². The van der Waals surface area contributed by atoms with Crippen molar-refractivity contribution in [3.05, 3.63) is 97.1 Å². The Labute approximate surface area is 183 Å².